The summed E-state index contributed by atoms with van der Waals surface area (Å²) in [5.41, 5.74) is 0.920. The van der Waals surface area contributed by atoms with Crippen molar-refractivity contribution in [2.45, 2.75) is 31.5 Å². The Hall–Kier alpha value is -4.64. The highest BCUT2D eigenvalue weighted by molar-refractivity contribution is 6.31. The highest BCUT2D eigenvalue weighted by Gasteiger charge is 2.35. The highest BCUT2D eigenvalue weighted by atomic mass is 35.5. The second kappa shape index (κ2) is 12.0. The van der Waals surface area contributed by atoms with Gasteiger partial charge in [-0.15, -0.1) is 0 Å². The number of fused-ring (bicyclic) bond motifs is 4. The second-order valence-electron chi connectivity index (χ2n) is 11.3. The SMILES string of the molecule is O=C(Cc1c(F)cccc1Cl)Nc1cc(C(=O)Nc2cccc(C(F)(F)F)c2)ccc1N1C[C@H]2C[C@@H](C1)c1cccc(=O)n1C2. The van der Waals surface area contributed by atoms with E-state index in [-0.39, 0.29) is 51.3 Å². The fourth-order valence-electron chi connectivity index (χ4n) is 6.18. The van der Waals surface area contributed by atoms with Crippen molar-refractivity contribution in [2.75, 3.05) is 28.6 Å². The molecule has 2 N–H and O–H groups in total. The summed E-state index contributed by atoms with van der Waals surface area (Å²) >= 11 is 6.14. The molecule has 4 aromatic rings. The molecule has 1 aromatic heterocycles. The van der Waals surface area contributed by atoms with Gasteiger partial charge in [0.1, 0.15) is 5.82 Å². The number of nitrogens with one attached hydrogen (secondary N) is 2. The zero-order valence-corrected chi connectivity index (χ0v) is 24.5. The van der Waals surface area contributed by atoms with E-state index in [2.05, 4.69) is 15.5 Å². The average molecular weight is 639 g/mol. The molecule has 3 aromatic carbocycles. The molecule has 0 saturated carbocycles. The van der Waals surface area contributed by atoms with Gasteiger partial charge < -0.3 is 20.1 Å². The van der Waals surface area contributed by atoms with Crippen molar-refractivity contribution in [3.05, 3.63) is 122 Å². The number of aromatic nitrogens is 1. The third-order valence-corrected chi connectivity index (χ3v) is 8.55. The van der Waals surface area contributed by atoms with Gasteiger partial charge in [0.2, 0.25) is 5.91 Å². The molecule has 45 heavy (non-hydrogen) atoms. The van der Waals surface area contributed by atoms with Gasteiger partial charge >= 0.3 is 6.18 Å². The molecule has 1 saturated heterocycles. The zero-order valence-electron chi connectivity index (χ0n) is 23.7. The van der Waals surface area contributed by atoms with Crippen molar-refractivity contribution in [3.8, 4) is 0 Å². The van der Waals surface area contributed by atoms with Crippen molar-refractivity contribution in [2.24, 2.45) is 5.92 Å². The molecule has 7 nitrogen and oxygen atoms in total. The minimum atomic E-state index is -4.58. The maximum Gasteiger partial charge on any atom is 0.416 e. The van der Waals surface area contributed by atoms with Gasteiger partial charge in [-0.2, -0.15) is 13.2 Å². The first-order valence-corrected chi connectivity index (χ1v) is 14.6. The number of alkyl halides is 3. The number of carbonyl (C=O) groups excluding carboxylic acids is 2. The Balaban J connectivity index is 1.31. The van der Waals surface area contributed by atoms with Crippen molar-refractivity contribution in [3.63, 3.8) is 0 Å². The van der Waals surface area contributed by atoms with E-state index in [9.17, 15) is 31.9 Å². The van der Waals surface area contributed by atoms with E-state index < -0.39 is 29.4 Å². The lowest BCUT2D eigenvalue weighted by molar-refractivity contribution is -0.137. The zero-order chi connectivity index (χ0) is 31.9. The summed E-state index contributed by atoms with van der Waals surface area (Å²) in [4.78, 5) is 41.0. The number of piperidine rings is 1. The largest absolute Gasteiger partial charge is 0.416 e. The molecular formula is C33H27ClF4N4O3. The summed E-state index contributed by atoms with van der Waals surface area (Å²) in [7, 11) is 0. The molecule has 0 radical (unpaired) electrons. The first-order valence-electron chi connectivity index (χ1n) is 14.3. The summed E-state index contributed by atoms with van der Waals surface area (Å²) < 4.78 is 55.9. The van der Waals surface area contributed by atoms with Crippen LogP contribution in [0.4, 0.5) is 34.6 Å². The number of rotatable bonds is 6. The van der Waals surface area contributed by atoms with Crippen LogP contribution in [0.3, 0.4) is 0 Å². The summed E-state index contributed by atoms with van der Waals surface area (Å²) in [5.74, 6) is -1.69. The van der Waals surface area contributed by atoms with Crippen LogP contribution in [0.2, 0.25) is 5.02 Å². The van der Waals surface area contributed by atoms with Crippen molar-refractivity contribution in [1.82, 2.24) is 4.57 Å². The second-order valence-corrected chi connectivity index (χ2v) is 11.7. The first kappa shape index (κ1) is 30.4. The number of hydrogen-bond acceptors (Lipinski definition) is 4. The molecule has 3 heterocycles. The van der Waals surface area contributed by atoms with E-state index in [1.807, 2.05) is 6.07 Å². The fraction of sp³-hybridized carbons (Fsp3) is 0.242. The number of nitrogens with zero attached hydrogens (tertiary/aromatic N) is 2. The van der Waals surface area contributed by atoms with Gasteiger partial charge in [-0.3, -0.25) is 14.4 Å². The summed E-state index contributed by atoms with van der Waals surface area (Å²) in [6.45, 7) is 1.67. The quantitative estimate of drug-likeness (QED) is 0.230. The Kier molecular flexibility index (Phi) is 8.13. The van der Waals surface area contributed by atoms with E-state index in [0.717, 1.165) is 24.2 Å². The maximum atomic E-state index is 14.5. The molecule has 6 rings (SSSR count). The van der Waals surface area contributed by atoms with E-state index in [0.29, 0.717) is 25.3 Å². The predicted octanol–water partition coefficient (Wildman–Crippen LogP) is 6.72. The van der Waals surface area contributed by atoms with Crippen LogP contribution >= 0.6 is 11.6 Å². The Morgan fingerprint density at radius 1 is 0.911 bits per heavy atom. The smallest absolute Gasteiger partial charge is 0.369 e. The molecule has 1 fully saturated rings. The monoisotopic (exact) mass is 638 g/mol. The number of anilines is 3. The third kappa shape index (κ3) is 6.44. The standard InChI is InChI=1S/C33H27ClF4N4O3/c34-25-6-2-7-26(35)24(25)15-30(43)40-27-13-20(32(45)39-23-5-1-4-22(14-23)33(36,37)38)10-11-29(27)41-16-19-12-21(18-41)28-8-3-9-31(44)42(28)17-19/h1-11,13-14,19,21H,12,15-18H2,(H,39,45)(H,40,43)/t19-,21+/m1/s1. The van der Waals surface area contributed by atoms with Crippen molar-refractivity contribution >= 4 is 40.5 Å². The maximum absolute atomic E-state index is 14.5. The van der Waals surface area contributed by atoms with Gasteiger partial charge in [-0.1, -0.05) is 29.8 Å². The number of amides is 2. The number of halogens is 5. The van der Waals surface area contributed by atoms with E-state index >= 15 is 0 Å². The molecule has 0 aliphatic carbocycles. The van der Waals surface area contributed by atoms with Crippen LogP contribution in [-0.4, -0.2) is 29.5 Å². The van der Waals surface area contributed by atoms with Gasteiger partial charge in [0.05, 0.1) is 23.4 Å². The van der Waals surface area contributed by atoms with Gasteiger partial charge in [0.25, 0.3) is 11.5 Å². The summed E-state index contributed by atoms with van der Waals surface area (Å²) in [5, 5.41) is 5.39. The molecule has 2 amide bonds. The van der Waals surface area contributed by atoms with E-state index in [1.54, 1.807) is 22.8 Å². The van der Waals surface area contributed by atoms with Gasteiger partial charge in [-0.05, 0) is 66.9 Å². The number of benzene rings is 3. The lowest BCUT2D eigenvalue weighted by Crippen LogP contribution is -2.47. The van der Waals surface area contributed by atoms with Crippen LogP contribution in [0.15, 0.2) is 83.7 Å². The van der Waals surface area contributed by atoms with Crippen molar-refractivity contribution < 1.29 is 27.2 Å². The Morgan fingerprint density at radius 2 is 1.69 bits per heavy atom. The van der Waals surface area contributed by atoms with Gasteiger partial charge in [-0.25, -0.2) is 4.39 Å². The summed E-state index contributed by atoms with van der Waals surface area (Å²) in [6, 6.07) is 18.3. The van der Waals surface area contributed by atoms with E-state index in [1.165, 1.54) is 42.5 Å². The molecule has 0 unspecified atom stereocenters. The molecule has 2 atom stereocenters. The lowest BCUT2D eigenvalue weighted by atomic mass is 9.83. The predicted molar refractivity (Wildman–Crippen MR) is 163 cm³/mol. The Morgan fingerprint density at radius 3 is 2.47 bits per heavy atom. The minimum absolute atomic E-state index is 0.0196. The summed E-state index contributed by atoms with van der Waals surface area (Å²) in [6.07, 6.45) is -4.06. The van der Waals surface area contributed by atoms with Crippen LogP contribution in [-0.2, 0) is 23.9 Å². The number of carbonyl (C=O) groups is 2. The molecule has 2 aliphatic heterocycles. The average Bonchev–Trinajstić information content (AvgIpc) is 2.99. The van der Waals surface area contributed by atoms with Crippen molar-refractivity contribution in [1.29, 1.82) is 0 Å². The third-order valence-electron chi connectivity index (χ3n) is 8.20. The Labute approximate surface area is 260 Å². The van der Waals surface area contributed by atoms with Gasteiger partial charge in [0.15, 0.2) is 0 Å². The van der Waals surface area contributed by atoms with Crippen LogP contribution < -0.4 is 21.1 Å². The van der Waals surface area contributed by atoms with E-state index in [4.69, 9.17) is 11.6 Å². The molecule has 232 valence electrons. The molecule has 0 spiro atoms. The first-order chi connectivity index (χ1) is 21.5. The lowest BCUT2D eigenvalue weighted by Gasteiger charge is -2.44. The molecule has 12 heteroatoms. The topological polar surface area (TPSA) is 83.4 Å². The Bertz CT molecular complexity index is 1840. The van der Waals surface area contributed by atoms with Crippen LogP contribution in [0.1, 0.15) is 39.5 Å². The fourth-order valence-corrected chi connectivity index (χ4v) is 6.41. The highest BCUT2D eigenvalue weighted by Crippen LogP contribution is 2.39. The van der Waals surface area contributed by atoms with Crippen LogP contribution in [0.5, 0.6) is 0 Å². The molecular weight excluding hydrogens is 612 g/mol. The molecule has 2 aliphatic rings. The van der Waals surface area contributed by atoms with Crippen LogP contribution in [0.25, 0.3) is 0 Å². The number of pyridine rings is 1. The minimum Gasteiger partial charge on any atom is -0.369 e. The number of hydrogen-bond donors (Lipinski definition) is 2. The molecule has 2 bridgehead atoms. The normalized spacial score (nSPS) is 17.4. The van der Waals surface area contributed by atoms with Gasteiger partial charge in [0, 0.05) is 59.1 Å². The van der Waals surface area contributed by atoms with Crippen LogP contribution in [0, 0.1) is 11.7 Å².